The molecule has 2 aromatic carbocycles. The molecule has 25 heavy (non-hydrogen) atoms. The summed E-state index contributed by atoms with van der Waals surface area (Å²) in [5.74, 6) is 1.71. The summed E-state index contributed by atoms with van der Waals surface area (Å²) in [5.41, 5.74) is 1.92. The number of hydrogen-bond acceptors (Lipinski definition) is 6. The fraction of sp³-hybridized carbons (Fsp3) is 0.368. The number of phenolic OH excluding ortho intramolecular Hbond substituents is 2. The first kappa shape index (κ1) is 14.9. The van der Waals surface area contributed by atoms with Crippen LogP contribution < -0.4 is 9.47 Å². The Labute approximate surface area is 144 Å². The number of rotatable bonds is 2. The molecule has 6 nitrogen and oxygen atoms in total. The number of aromatic hydroxyl groups is 2. The molecule has 2 fully saturated rings. The van der Waals surface area contributed by atoms with Crippen LogP contribution in [0.15, 0.2) is 36.4 Å². The lowest BCUT2D eigenvalue weighted by molar-refractivity contribution is 0.0191. The van der Waals surface area contributed by atoms with Crippen molar-refractivity contribution < 1.29 is 29.2 Å². The molecule has 3 aliphatic rings. The van der Waals surface area contributed by atoms with E-state index in [9.17, 15) is 10.2 Å². The highest BCUT2D eigenvalue weighted by molar-refractivity contribution is 5.46. The lowest BCUT2D eigenvalue weighted by Crippen LogP contribution is -2.14. The van der Waals surface area contributed by atoms with Crippen LogP contribution in [-0.2, 0) is 9.47 Å². The Morgan fingerprint density at radius 2 is 1.36 bits per heavy atom. The maximum absolute atomic E-state index is 9.76. The third-order valence-electron chi connectivity index (χ3n) is 5.32. The second-order valence-electron chi connectivity index (χ2n) is 6.70. The van der Waals surface area contributed by atoms with Crippen molar-refractivity contribution in [2.45, 2.75) is 12.2 Å². The number of hydrogen-bond donors (Lipinski definition) is 2. The summed E-state index contributed by atoms with van der Waals surface area (Å²) in [7, 11) is 0. The first-order valence-electron chi connectivity index (χ1n) is 8.35. The molecule has 0 spiro atoms. The fourth-order valence-corrected chi connectivity index (χ4v) is 4.04. The van der Waals surface area contributed by atoms with Gasteiger partial charge in [0.2, 0.25) is 6.79 Å². The van der Waals surface area contributed by atoms with Crippen LogP contribution >= 0.6 is 0 Å². The highest BCUT2D eigenvalue weighted by Gasteiger charge is 2.48. The molecule has 3 aliphatic heterocycles. The third kappa shape index (κ3) is 2.33. The lowest BCUT2D eigenvalue weighted by Gasteiger charge is -2.17. The van der Waals surface area contributed by atoms with Crippen molar-refractivity contribution in [2.75, 3.05) is 20.0 Å². The molecule has 0 radical (unpaired) electrons. The summed E-state index contributed by atoms with van der Waals surface area (Å²) in [5, 5.41) is 19.3. The first-order chi connectivity index (χ1) is 12.2. The van der Waals surface area contributed by atoms with Crippen LogP contribution in [-0.4, -0.2) is 30.2 Å². The molecule has 0 bridgehead atoms. The van der Waals surface area contributed by atoms with E-state index in [0.29, 0.717) is 13.2 Å². The van der Waals surface area contributed by atoms with Crippen molar-refractivity contribution in [3.05, 3.63) is 47.5 Å². The Morgan fingerprint density at radius 3 is 2.08 bits per heavy atom. The molecular weight excluding hydrogens is 324 g/mol. The van der Waals surface area contributed by atoms with E-state index < -0.39 is 0 Å². The minimum Gasteiger partial charge on any atom is -0.504 e. The SMILES string of the molecule is Oc1ccc([C@H]2OC[C@H]3[C@@H]2CO[C@@H]3c2ccc3c(c2)OCO3)cc1O. The van der Waals surface area contributed by atoms with Crippen molar-refractivity contribution in [1.82, 2.24) is 0 Å². The minimum atomic E-state index is -0.143. The zero-order chi connectivity index (χ0) is 17.0. The molecule has 130 valence electrons. The highest BCUT2D eigenvalue weighted by Crippen LogP contribution is 2.51. The summed E-state index contributed by atoms with van der Waals surface area (Å²) in [6.07, 6.45) is -0.189. The standard InChI is InChI=1S/C19H18O6/c20-14-3-1-10(5-15(14)21)18-12-7-23-19(13(12)8-22-18)11-2-4-16-17(6-11)25-9-24-16/h1-6,12-13,18-21H,7-9H2/t12-,13-,18+,19+/m0/s1. The maximum Gasteiger partial charge on any atom is 0.231 e. The summed E-state index contributed by atoms with van der Waals surface area (Å²) in [6.45, 7) is 1.44. The van der Waals surface area contributed by atoms with Gasteiger partial charge in [-0.25, -0.2) is 0 Å². The van der Waals surface area contributed by atoms with Crippen LogP contribution in [0.25, 0.3) is 0 Å². The summed E-state index contributed by atoms with van der Waals surface area (Å²) in [6, 6.07) is 10.8. The Morgan fingerprint density at radius 1 is 0.720 bits per heavy atom. The minimum absolute atomic E-state index is 0.0461. The van der Waals surface area contributed by atoms with E-state index in [0.717, 1.165) is 22.6 Å². The molecule has 4 atom stereocenters. The van der Waals surface area contributed by atoms with Crippen LogP contribution in [0.5, 0.6) is 23.0 Å². The van der Waals surface area contributed by atoms with E-state index in [4.69, 9.17) is 18.9 Å². The predicted octanol–water partition coefficient (Wildman–Crippen LogP) is 2.90. The molecule has 3 heterocycles. The molecule has 0 aliphatic carbocycles. The fourth-order valence-electron chi connectivity index (χ4n) is 4.04. The van der Waals surface area contributed by atoms with Crippen LogP contribution in [0.1, 0.15) is 23.3 Å². The van der Waals surface area contributed by atoms with Gasteiger partial charge in [-0.1, -0.05) is 12.1 Å². The Kier molecular flexibility index (Phi) is 3.29. The predicted molar refractivity (Wildman–Crippen MR) is 86.7 cm³/mol. The molecule has 0 aromatic heterocycles. The van der Waals surface area contributed by atoms with E-state index in [-0.39, 0.29) is 42.3 Å². The average Bonchev–Trinajstić information content (AvgIpc) is 3.31. The summed E-state index contributed by atoms with van der Waals surface area (Å²) < 4.78 is 22.9. The molecule has 2 N–H and O–H groups in total. The van der Waals surface area contributed by atoms with E-state index in [1.165, 1.54) is 6.07 Å². The molecule has 2 saturated heterocycles. The summed E-state index contributed by atoms with van der Waals surface area (Å²) in [4.78, 5) is 0. The van der Waals surface area contributed by atoms with Gasteiger partial charge in [0.1, 0.15) is 0 Å². The molecule has 5 rings (SSSR count). The second kappa shape index (κ2) is 5.54. The Balaban J connectivity index is 1.40. The maximum atomic E-state index is 9.76. The van der Waals surface area contributed by atoms with Crippen LogP contribution in [0.3, 0.4) is 0 Å². The first-order valence-corrected chi connectivity index (χ1v) is 8.35. The van der Waals surface area contributed by atoms with Gasteiger partial charge in [0.05, 0.1) is 25.4 Å². The number of benzene rings is 2. The van der Waals surface area contributed by atoms with Crippen molar-refractivity contribution in [2.24, 2.45) is 11.8 Å². The summed E-state index contributed by atoms with van der Waals surface area (Å²) >= 11 is 0. The van der Waals surface area contributed by atoms with Crippen LogP contribution in [0, 0.1) is 11.8 Å². The van der Waals surface area contributed by atoms with Gasteiger partial charge in [0.15, 0.2) is 23.0 Å². The zero-order valence-electron chi connectivity index (χ0n) is 13.4. The van der Waals surface area contributed by atoms with Crippen molar-refractivity contribution in [3.8, 4) is 23.0 Å². The molecule has 0 saturated carbocycles. The molecule has 6 heteroatoms. The zero-order valence-corrected chi connectivity index (χ0v) is 13.4. The molecular formula is C19H18O6. The third-order valence-corrected chi connectivity index (χ3v) is 5.32. The van der Waals surface area contributed by atoms with Crippen molar-refractivity contribution in [3.63, 3.8) is 0 Å². The lowest BCUT2D eigenvalue weighted by atomic mass is 9.85. The monoisotopic (exact) mass is 342 g/mol. The van der Waals surface area contributed by atoms with Crippen LogP contribution in [0.4, 0.5) is 0 Å². The largest absolute Gasteiger partial charge is 0.504 e. The second-order valence-corrected chi connectivity index (χ2v) is 6.70. The van der Waals surface area contributed by atoms with Gasteiger partial charge in [-0.05, 0) is 35.4 Å². The quantitative estimate of drug-likeness (QED) is 0.817. The van der Waals surface area contributed by atoms with Gasteiger partial charge in [0.25, 0.3) is 0 Å². The number of phenols is 2. The Hall–Kier alpha value is -2.44. The number of ether oxygens (including phenoxy) is 4. The van der Waals surface area contributed by atoms with E-state index in [1.807, 2.05) is 18.2 Å². The van der Waals surface area contributed by atoms with E-state index in [2.05, 4.69) is 0 Å². The van der Waals surface area contributed by atoms with Gasteiger partial charge in [-0.15, -0.1) is 0 Å². The molecule has 2 aromatic rings. The Bertz CT molecular complexity index is 820. The van der Waals surface area contributed by atoms with E-state index >= 15 is 0 Å². The van der Waals surface area contributed by atoms with Crippen molar-refractivity contribution in [1.29, 1.82) is 0 Å². The molecule has 0 unspecified atom stereocenters. The van der Waals surface area contributed by atoms with E-state index in [1.54, 1.807) is 12.1 Å². The average molecular weight is 342 g/mol. The molecule has 0 amide bonds. The number of fused-ring (bicyclic) bond motifs is 2. The van der Waals surface area contributed by atoms with Crippen molar-refractivity contribution >= 4 is 0 Å². The normalized spacial score (nSPS) is 29.8. The van der Waals surface area contributed by atoms with Gasteiger partial charge >= 0.3 is 0 Å². The van der Waals surface area contributed by atoms with Gasteiger partial charge in [0, 0.05) is 11.8 Å². The van der Waals surface area contributed by atoms with Gasteiger partial charge in [-0.3, -0.25) is 0 Å². The highest BCUT2D eigenvalue weighted by atomic mass is 16.7. The smallest absolute Gasteiger partial charge is 0.231 e. The van der Waals surface area contributed by atoms with Gasteiger partial charge in [-0.2, -0.15) is 0 Å². The topological polar surface area (TPSA) is 77.4 Å². The van der Waals surface area contributed by atoms with Gasteiger partial charge < -0.3 is 29.2 Å². The van der Waals surface area contributed by atoms with Crippen LogP contribution in [0.2, 0.25) is 0 Å².